The molecule has 0 saturated carbocycles. The Labute approximate surface area is 120 Å². The third-order valence-electron chi connectivity index (χ3n) is 4.09. The van der Waals surface area contributed by atoms with Crippen LogP contribution in [0.1, 0.15) is 43.0 Å². The van der Waals surface area contributed by atoms with Crippen LogP contribution in [0.5, 0.6) is 0 Å². The fourth-order valence-electron chi connectivity index (χ4n) is 2.93. The molecule has 1 N–H and O–H groups in total. The summed E-state index contributed by atoms with van der Waals surface area (Å²) in [5, 5.41) is 12.1. The molecule has 0 unspecified atom stereocenters. The molecule has 2 atom stereocenters. The zero-order valence-corrected chi connectivity index (χ0v) is 12.0. The van der Waals surface area contributed by atoms with Gasteiger partial charge in [-0.3, -0.25) is 0 Å². The molecule has 2 heterocycles. The Hall–Kier alpha value is -1.68. The van der Waals surface area contributed by atoms with Gasteiger partial charge in [0.05, 0.1) is 11.7 Å². The van der Waals surface area contributed by atoms with Crippen LogP contribution in [0.15, 0.2) is 36.5 Å². The van der Waals surface area contributed by atoms with E-state index in [0.29, 0.717) is 12.0 Å². The van der Waals surface area contributed by atoms with E-state index in [1.807, 2.05) is 0 Å². The lowest BCUT2D eigenvalue weighted by Crippen LogP contribution is -2.17. The van der Waals surface area contributed by atoms with Crippen LogP contribution in [-0.2, 0) is 6.42 Å². The van der Waals surface area contributed by atoms with Crippen molar-refractivity contribution in [1.29, 1.82) is 0 Å². The molecule has 1 fully saturated rings. The monoisotopic (exact) mass is 270 g/mol. The first-order valence-corrected chi connectivity index (χ1v) is 7.55. The van der Waals surface area contributed by atoms with Gasteiger partial charge >= 0.3 is 0 Å². The van der Waals surface area contributed by atoms with Gasteiger partial charge in [0, 0.05) is 25.2 Å². The summed E-state index contributed by atoms with van der Waals surface area (Å²) >= 11 is 0. The number of aromatic nitrogens is 3. The van der Waals surface area contributed by atoms with Gasteiger partial charge < -0.3 is 5.32 Å². The normalized spacial score (nSPS) is 22.2. The van der Waals surface area contributed by atoms with Crippen LogP contribution in [0.3, 0.4) is 0 Å². The van der Waals surface area contributed by atoms with Crippen molar-refractivity contribution in [2.24, 2.45) is 0 Å². The number of hydrogen-bond donors (Lipinski definition) is 1. The van der Waals surface area contributed by atoms with E-state index in [2.05, 4.69) is 63.8 Å². The number of nitrogens with one attached hydrogen (secondary N) is 1. The van der Waals surface area contributed by atoms with Crippen LogP contribution in [0.25, 0.3) is 0 Å². The van der Waals surface area contributed by atoms with Crippen molar-refractivity contribution in [3.63, 3.8) is 0 Å². The van der Waals surface area contributed by atoms with Gasteiger partial charge in [0.15, 0.2) is 0 Å². The molecule has 0 spiro atoms. The Kier molecular flexibility index (Phi) is 4.11. The number of unbranched alkanes of at least 4 members (excludes halogenated alkanes) is 1. The molecular formula is C16H22N4. The van der Waals surface area contributed by atoms with E-state index in [1.54, 1.807) is 0 Å². The highest BCUT2D eigenvalue weighted by molar-refractivity contribution is 5.23. The van der Waals surface area contributed by atoms with Gasteiger partial charge in [0.25, 0.3) is 0 Å². The minimum Gasteiger partial charge on any atom is -0.314 e. The van der Waals surface area contributed by atoms with Crippen molar-refractivity contribution >= 4 is 0 Å². The van der Waals surface area contributed by atoms with E-state index < -0.39 is 0 Å². The van der Waals surface area contributed by atoms with Gasteiger partial charge in [-0.15, -0.1) is 5.10 Å². The standard InChI is InChI=1S/C16H22N4/c1-2-3-9-14-12-20(19-18-14)16-11-17-10-15(16)13-7-5-4-6-8-13/h4-8,12,15-17H,2-3,9-11H2,1H3/t15-,16+/m1/s1. The van der Waals surface area contributed by atoms with E-state index in [-0.39, 0.29) is 0 Å². The van der Waals surface area contributed by atoms with Crippen molar-refractivity contribution in [1.82, 2.24) is 20.3 Å². The number of hydrogen-bond acceptors (Lipinski definition) is 3. The molecule has 1 aliphatic heterocycles. The molecule has 4 heteroatoms. The lowest BCUT2D eigenvalue weighted by molar-refractivity contribution is 0.437. The second-order valence-corrected chi connectivity index (χ2v) is 5.54. The average molecular weight is 270 g/mol. The Bertz CT molecular complexity index is 534. The van der Waals surface area contributed by atoms with E-state index in [9.17, 15) is 0 Å². The van der Waals surface area contributed by atoms with Crippen molar-refractivity contribution in [3.05, 3.63) is 47.8 Å². The van der Waals surface area contributed by atoms with Crippen LogP contribution in [-0.4, -0.2) is 28.1 Å². The maximum atomic E-state index is 4.35. The summed E-state index contributed by atoms with van der Waals surface area (Å²) in [5.74, 6) is 0.483. The highest BCUT2D eigenvalue weighted by atomic mass is 15.4. The van der Waals surface area contributed by atoms with Crippen molar-refractivity contribution in [3.8, 4) is 0 Å². The molecule has 1 aromatic carbocycles. The SMILES string of the molecule is CCCCc1cn([C@H]2CNC[C@@H]2c2ccccc2)nn1. The Morgan fingerprint density at radius 3 is 2.90 bits per heavy atom. The molecule has 3 rings (SSSR count). The van der Waals surface area contributed by atoms with Gasteiger partial charge in [-0.25, -0.2) is 4.68 Å². The molecule has 1 saturated heterocycles. The zero-order valence-electron chi connectivity index (χ0n) is 12.0. The molecule has 4 nitrogen and oxygen atoms in total. The Balaban J connectivity index is 1.77. The summed E-state index contributed by atoms with van der Waals surface area (Å²) in [6.45, 7) is 4.19. The van der Waals surface area contributed by atoms with Crippen LogP contribution in [0, 0.1) is 0 Å². The number of rotatable bonds is 5. The molecule has 2 aromatic rings. The summed E-state index contributed by atoms with van der Waals surface area (Å²) in [6.07, 6.45) is 5.55. The number of aryl methyl sites for hydroxylation is 1. The minimum absolute atomic E-state index is 0.375. The molecule has 1 aromatic heterocycles. The summed E-state index contributed by atoms with van der Waals surface area (Å²) in [5.41, 5.74) is 2.50. The third kappa shape index (κ3) is 2.75. The van der Waals surface area contributed by atoms with Crippen molar-refractivity contribution in [2.75, 3.05) is 13.1 Å². The maximum Gasteiger partial charge on any atom is 0.0827 e. The molecule has 20 heavy (non-hydrogen) atoms. The molecule has 0 amide bonds. The van der Waals surface area contributed by atoms with E-state index in [1.165, 1.54) is 18.4 Å². The smallest absolute Gasteiger partial charge is 0.0827 e. The first kappa shape index (κ1) is 13.3. The predicted molar refractivity (Wildman–Crippen MR) is 79.7 cm³/mol. The van der Waals surface area contributed by atoms with Gasteiger partial charge in [0.1, 0.15) is 0 Å². The van der Waals surface area contributed by atoms with Crippen LogP contribution < -0.4 is 5.32 Å². The highest BCUT2D eigenvalue weighted by Crippen LogP contribution is 2.31. The third-order valence-corrected chi connectivity index (χ3v) is 4.09. The zero-order chi connectivity index (χ0) is 13.8. The molecule has 0 radical (unpaired) electrons. The minimum atomic E-state index is 0.375. The lowest BCUT2D eigenvalue weighted by atomic mass is 9.94. The summed E-state index contributed by atoms with van der Waals surface area (Å²) in [4.78, 5) is 0. The molecule has 0 aliphatic carbocycles. The van der Waals surface area contributed by atoms with Crippen LogP contribution in [0.4, 0.5) is 0 Å². The maximum absolute atomic E-state index is 4.35. The summed E-state index contributed by atoms with van der Waals surface area (Å²) in [6, 6.07) is 11.1. The molecular weight excluding hydrogens is 248 g/mol. The second kappa shape index (κ2) is 6.18. The number of nitrogens with zero attached hydrogens (tertiary/aromatic N) is 3. The van der Waals surface area contributed by atoms with Crippen LogP contribution >= 0.6 is 0 Å². The van der Waals surface area contributed by atoms with E-state index in [0.717, 1.165) is 25.2 Å². The van der Waals surface area contributed by atoms with E-state index in [4.69, 9.17) is 0 Å². The number of benzene rings is 1. The topological polar surface area (TPSA) is 42.7 Å². The van der Waals surface area contributed by atoms with Crippen LogP contribution in [0.2, 0.25) is 0 Å². The Morgan fingerprint density at radius 1 is 1.25 bits per heavy atom. The van der Waals surface area contributed by atoms with E-state index >= 15 is 0 Å². The highest BCUT2D eigenvalue weighted by Gasteiger charge is 2.30. The van der Waals surface area contributed by atoms with Gasteiger partial charge in [-0.05, 0) is 18.4 Å². The summed E-state index contributed by atoms with van der Waals surface area (Å²) in [7, 11) is 0. The van der Waals surface area contributed by atoms with Crippen molar-refractivity contribution < 1.29 is 0 Å². The quantitative estimate of drug-likeness (QED) is 0.908. The largest absolute Gasteiger partial charge is 0.314 e. The predicted octanol–water partition coefficient (Wildman–Crippen LogP) is 2.55. The van der Waals surface area contributed by atoms with Gasteiger partial charge in [0.2, 0.25) is 0 Å². The molecule has 106 valence electrons. The molecule has 0 bridgehead atoms. The Morgan fingerprint density at radius 2 is 2.10 bits per heavy atom. The first-order chi connectivity index (χ1) is 9.88. The fraction of sp³-hybridized carbons (Fsp3) is 0.500. The van der Waals surface area contributed by atoms with Crippen molar-refractivity contribution in [2.45, 2.75) is 38.1 Å². The molecule has 1 aliphatic rings. The average Bonchev–Trinajstić information content (AvgIpc) is 3.14. The second-order valence-electron chi connectivity index (χ2n) is 5.54. The summed E-state index contributed by atoms with van der Waals surface area (Å²) < 4.78 is 2.06. The fourth-order valence-corrected chi connectivity index (χ4v) is 2.93. The van der Waals surface area contributed by atoms with Gasteiger partial charge in [-0.2, -0.15) is 0 Å². The first-order valence-electron chi connectivity index (χ1n) is 7.55. The van der Waals surface area contributed by atoms with Gasteiger partial charge in [-0.1, -0.05) is 48.9 Å². The lowest BCUT2D eigenvalue weighted by Gasteiger charge is -2.18.